The van der Waals surface area contributed by atoms with E-state index in [2.05, 4.69) is 27.0 Å². The van der Waals surface area contributed by atoms with Gasteiger partial charge < -0.3 is 5.73 Å². The number of benzene rings is 1. The van der Waals surface area contributed by atoms with Crippen molar-refractivity contribution in [3.63, 3.8) is 0 Å². The van der Waals surface area contributed by atoms with Crippen molar-refractivity contribution in [2.75, 3.05) is 5.73 Å². The van der Waals surface area contributed by atoms with Crippen LogP contribution in [0.3, 0.4) is 0 Å². The summed E-state index contributed by atoms with van der Waals surface area (Å²) in [7, 11) is 0. The molecule has 2 rings (SSSR count). The number of hydrogen-bond acceptors (Lipinski definition) is 4. The number of anilines is 1. The fraction of sp³-hybridized carbons (Fsp3) is 0. The fourth-order valence-corrected chi connectivity index (χ4v) is 3.30. The van der Waals surface area contributed by atoms with Crippen molar-refractivity contribution in [3.8, 4) is 0 Å². The van der Waals surface area contributed by atoms with E-state index in [9.17, 15) is 0 Å². The molecule has 0 spiro atoms. The Kier molecular flexibility index (Phi) is 3.10. The van der Waals surface area contributed by atoms with Crippen molar-refractivity contribution < 1.29 is 0 Å². The standard InChI is InChI=1S/C9H7BrN2S2/c10-6-2-1-3-7(4-6)13-9-12-5-8(11)14-9/h1-5H,11H2. The molecule has 5 heteroatoms. The average molecular weight is 287 g/mol. The van der Waals surface area contributed by atoms with Gasteiger partial charge in [0.15, 0.2) is 4.34 Å². The molecular formula is C9H7BrN2S2. The molecule has 2 N–H and O–H groups in total. The lowest BCUT2D eigenvalue weighted by Gasteiger charge is -1.97. The van der Waals surface area contributed by atoms with Crippen LogP contribution in [0.15, 0.2) is 44.2 Å². The Morgan fingerprint density at radius 2 is 2.29 bits per heavy atom. The summed E-state index contributed by atoms with van der Waals surface area (Å²) < 4.78 is 2.05. The maximum Gasteiger partial charge on any atom is 0.156 e. The van der Waals surface area contributed by atoms with Gasteiger partial charge in [0.2, 0.25) is 0 Å². The summed E-state index contributed by atoms with van der Waals surface area (Å²) in [5.74, 6) is 0. The van der Waals surface area contributed by atoms with Gasteiger partial charge in [0.05, 0.1) is 6.20 Å². The number of nitrogens with two attached hydrogens (primary N) is 1. The topological polar surface area (TPSA) is 38.9 Å². The number of aromatic nitrogens is 1. The molecule has 0 atom stereocenters. The molecule has 0 saturated carbocycles. The van der Waals surface area contributed by atoms with Crippen LogP contribution in [0, 0.1) is 0 Å². The molecule has 72 valence electrons. The predicted octanol–water partition coefficient (Wildman–Crippen LogP) is 3.64. The number of nitrogen functional groups attached to an aromatic ring is 1. The second kappa shape index (κ2) is 4.33. The maximum atomic E-state index is 5.60. The summed E-state index contributed by atoms with van der Waals surface area (Å²) in [6.45, 7) is 0. The molecule has 0 radical (unpaired) electrons. The third-order valence-electron chi connectivity index (χ3n) is 1.50. The second-order valence-corrected chi connectivity index (χ2v) is 5.89. The van der Waals surface area contributed by atoms with Crippen LogP contribution in [0.5, 0.6) is 0 Å². The molecule has 0 aliphatic heterocycles. The van der Waals surface area contributed by atoms with Gasteiger partial charge in [-0.1, -0.05) is 45.1 Å². The van der Waals surface area contributed by atoms with Gasteiger partial charge in [-0.3, -0.25) is 0 Å². The highest BCUT2D eigenvalue weighted by Crippen LogP contribution is 2.32. The highest BCUT2D eigenvalue weighted by atomic mass is 79.9. The zero-order chi connectivity index (χ0) is 9.97. The van der Waals surface area contributed by atoms with E-state index in [1.807, 2.05) is 18.2 Å². The monoisotopic (exact) mass is 286 g/mol. The highest BCUT2D eigenvalue weighted by Gasteiger charge is 2.01. The number of nitrogens with zero attached hydrogens (tertiary/aromatic N) is 1. The number of thiazole rings is 1. The summed E-state index contributed by atoms with van der Waals surface area (Å²) in [5, 5.41) is 0.752. The van der Waals surface area contributed by atoms with Crippen molar-refractivity contribution in [2.24, 2.45) is 0 Å². The van der Waals surface area contributed by atoms with Gasteiger partial charge in [0.1, 0.15) is 5.00 Å². The molecule has 0 unspecified atom stereocenters. The SMILES string of the molecule is Nc1cnc(Sc2cccc(Br)c2)s1. The Balaban J connectivity index is 2.18. The van der Waals surface area contributed by atoms with Crippen LogP contribution < -0.4 is 5.73 Å². The molecular weight excluding hydrogens is 280 g/mol. The predicted molar refractivity (Wildman–Crippen MR) is 64.8 cm³/mol. The zero-order valence-electron chi connectivity index (χ0n) is 7.11. The summed E-state index contributed by atoms with van der Waals surface area (Å²) >= 11 is 6.55. The molecule has 2 nitrogen and oxygen atoms in total. The van der Waals surface area contributed by atoms with E-state index in [0.29, 0.717) is 0 Å². The Labute approximate surface area is 98.7 Å². The molecule has 0 amide bonds. The number of halogens is 1. The Morgan fingerprint density at radius 1 is 1.43 bits per heavy atom. The minimum atomic E-state index is 0.752. The van der Waals surface area contributed by atoms with Crippen molar-refractivity contribution in [3.05, 3.63) is 34.9 Å². The summed E-state index contributed by atoms with van der Waals surface area (Å²) in [6.07, 6.45) is 1.69. The van der Waals surface area contributed by atoms with Gasteiger partial charge in [-0.2, -0.15) is 0 Å². The summed E-state index contributed by atoms with van der Waals surface area (Å²) in [4.78, 5) is 5.34. The average Bonchev–Trinajstić information content (AvgIpc) is 2.51. The normalized spacial score (nSPS) is 10.4. The van der Waals surface area contributed by atoms with Gasteiger partial charge in [0, 0.05) is 9.37 Å². The largest absolute Gasteiger partial charge is 0.389 e. The minimum Gasteiger partial charge on any atom is -0.389 e. The maximum absolute atomic E-state index is 5.60. The van der Waals surface area contributed by atoms with Crippen molar-refractivity contribution in [1.82, 2.24) is 4.98 Å². The molecule has 0 bridgehead atoms. The Hall–Kier alpha value is -0.520. The van der Waals surface area contributed by atoms with E-state index in [0.717, 1.165) is 18.7 Å². The third-order valence-corrected chi connectivity index (χ3v) is 3.89. The molecule has 0 aliphatic carbocycles. The van der Waals surface area contributed by atoms with E-state index < -0.39 is 0 Å². The molecule has 0 aliphatic rings. The van der Waals surface area contributed by atoms with Gasteiger partial charge in [-0.15, -0.1) is 0 Å². The van der Waals surface area contributed by atoms with Gasteiger partial charge in [-0.25, -0.2) is 4.98 Å². The van der Waals surface area contributed by atoms with Crippen LogP contribution in [0.2, 0.25) is 0 Å². The lowest BCUT2D eigenvalue weighted by atomic mass is 10.4. The molecule has 2 aromatic rings. The van der Waals surface area contributed by atoms with Gasteiger partial charge in [0.25, 0.3) is 0 Å². The van der Waals surface area contributed by atoms with Crippen LogP contribution in [-0.4, -0.2) is 4.98 Å². The summed E-state index contributed by atoms with van der Waals surface area (Å²) in [6, 6.07) is 8.11. The van der Waals surface area contributed by atoms with Crippen molar-refractivity contribution in [2.45, 2.75) is 9.24 Å². The first-order valence-corrected chi connectivity index (χ1v) is 6.31. The molecule has 14 heavy (non-hydrogen) atoms. The number of rotatable bonds is 2. The molecule has 0 fully saturated rings. The first-order valence-electron chi connectivity index (χ1n) is 3.89. The fourth-order valence-electron chi connectivity index (χ4n) is 0.948. The first kappa shape index (κ1) is 10.0. The van der Waals surface area contributed by atoms with Gasteiger partial charge in [-0.05, 0) is 18.2 Å². The van der Waals surface area contributed by atoms with Crippen molar-refractivity contribution >= 4 is 44.0 Å². The van der Waals surface area contributed by atoms with E-state index in [4.69, 9.17) is 5.73 Å². The van der Waals surface area contributed by atoms with E-state index in [1.165, 1.54) is 11.3 Å². The smallest absolute Gasteiger partial charge is 0.156 e. The first-order chi connectivity index (χ1) is 6.74. The van der Waals surface area contributed by atoms with Crippen LogP contribution in [0.1, 0.15) is 0 Å². The number of hydrogen-bond donors (Lipinski definition) is 1. The highest BCUT2D eigenvalue weighted by molar-refractivity contribution is 9.10. The van der Waals surface area contributed by atoms with Crippen LogP contribution in [0.4, 0.5) is 5.00 Å². The quantitative estimate of drug-likeness (QED) is 0.916. The third kappa shape index (κ3) is 2.50. The lowest BCUT2D eigenvalue weighted by Crippen LogP contribution is -1.73. The molecule has 1 aromatic heterocycles. The van der Waals surface area contributed by atoms with Crippen LogP contribution >= 0.6 is 39.0 Å². The second-order valence-electron chi connectivity index (χ2n) is 2.59. The van der Waals surface area contributed by atoms with Crippen LogP contribution in [0.25, 0.3) is 0 Å². The Morgan fingerprint density at radius 3 is 2.93 bits per heavy atom. The van der Waals surface area contributed by atoms with E-state index in [1.54, 1.807) is 18.0 Å². The minimum absolute atomic E-state index is 0.752. The molecule has 1 aromatic carbocycles. The van der Waals surface area contributed by atoms with Crippen molar-refractivity contribution in [1.29, 1.82) is 0 Å². The molecule has 0 saturated heterocycles. The molecule has 1 heterocycles. The Bertz CT molecular complexity index is 442. The zero-order valence-corrected chi connectivity index (χ0v) is 10.3. The van der Waals surface area contributed by atoms with Gasteiger partial charge >= 0.3 is 0 Å². The van der Waals surface area contributed by atoms with Crippen LogP contribution in [-0.2, 0) is 0 Å². The lowest BCUT2D eigenvalue weighted by molar-refractivity contribution is 1.25. The van der Waals surface area contributed by atoms with E-state index >= 15 is 0 Å². The summed E-state index contributed by atoms with van der Waals surface area (Å²) in [5.41, 5.74) is 5.60. The van der Waals surface area contributed by atoms with E-state index in [-0.39, 0.29) is 0 Å².